The molecule has 2 rings (SSSR count). The summed E-state index contributed by atoms with van der Waals surface area (Å²) in [6, 6.07) is 0.506. The minimum absolute atomic E-state index is 0.236. The van der Waals surface area contributed by atoms with Crippen LogP contribution in [-0.4, -0.2) is 22.5 Å². The molecule has 1 N–H and O–H groups in total. The third-order valence-corrected chi connectivity index (χ3v) is 4.70. The van der Waals surface area contributed by atoms with E-state index >= 15 is 0 Å². The quantitative estimate of drug-likeness (QED) is 0.799. The molecule has 0 spiro atoms. The van der Waals surface area contributed by atoms with Crippen LogP contribution in [-0.2, 0) is 0 Å². The van der Waals surface area contributed by atoms with E-state index in [2.05, 4.69) is 26.1 Å². The third kappa shape index (κ3) is 3.16. The Bertz CT molecular complexity index is 267. The van der Waals surface area contributed by atoms with E-state index in [4.69, 9.17) is 4.99 Å². The largest absolute Gasteiger partial charge is 0.360 e. The molecule has 2 aliphatic rings. The van der Waals surface area contributed by atoms with Crippen LogP contribution >= 0.6 is 11.8 Å². The summed E-state index contributed by atoms with van der Waals surface area (Å²) in [5.74, 6) is 2.04. The number of amidine groups is 1. The van der Waals surface area contributed by atoms with Gasteiger partial charge in [0.1, 0.15) is 0 Å². The van der Waals surface area contributed by atoms with E-state index in [9.17, 15) is 0 Å². The minimum atomic E-state index is 0.236. The van der Waals surface area contributed by atoms with Gasteiger partial charge in [0.05, 0.1) is 6.04 Å². The van der Waals surface area contributed by atoms with Crippen LogP contribution in [0.1, 0.15) is 52.9 Å². The summed E-state index contributed by atoms with van der Waals surface area (Å²) in [6.07, 6.45) is 6.81. The molecule has 1 heterocycles. The summed E-state index contributed by atoms with van der Waals surface area (Å²) in [5, 5.41) is 4.74. The average molecular weight is 240 g/mol. The molecule has 0 aromatic heterocycles. The SMILES string of the molecule is CC(N=C1NC(C)(C)CCS1)C1CCCC1. The molecule has 16 heavy (non-hydrogen) atoms. The smallest absolute Gasteiger partial charge is 0.157 e. The van der Waals surface area contributed by atoms with E-state index < -0.39 is 0 Å². The van der Waals surface area contributed by atoms with E-state index in [1.807, 2.05) is 11.8 Å². The molecule has 0 aromatic rings. The van der Waals surface area contributed by atoms with Gasteiger partial charge in [0.25, 0.3) is 0 Å². The minimum Gasteiger partial charge on any atom is -0.360 e. The van der Waals surface area contributed by atoms with Crippen LogP contribution in [0.2, 0.25) is 0 Å². The van der Waals surface area contributed by atoms with Crippen LogP contribution in [0, 0.1) is 5.92 Å². The van der Waals surface area contributed by atoms with Crippen molar-refractivity contribution in [3.63, 3.8) is 0 Å². The van der Waals surface area contributed by atoms with Crippen LogP contribution in [0.15, 0.2) is 4.99 Å². The van der Waals surface area contributed by atoms with Crippen LogP contribution in [0.4, 0.5) is 0 Å². The fraction of sp³-hybridized carbons (Fsp3) is 0.923. The zero-order valence-corrected chi connectivity index (χ0v) is 11.6. The Labute approximate surface area is 104 Å². The van der Waals surface area contributed by atoms with Crippen molar-refractivity contribution in [3.8, 4) is 0 Å². The molecule has 1 aliphatic heterocycles. The zero-order valence-electron chi connectivity index (χ0n) is 10.8. The van der Waals surface area contributed by atoms with Crippen molar-refractivity contribution in [2.24, 2.45) is 10.9 Å². The van der Waals surface area contributed by atoms with Gasteiger partial charge in [-0.3, -0.25) is 4.99 Å². The highest BCUT2D eigenvalue weighted by Crippen LogP contribution is 2.30. The summed E-state index contributed by atoms with van der Waals surface area (Å²) in [7, 11) is 0. The molecule has 1 unspecified atom stereocenters. The van der Waals surface area contributed by atoms with E-state index in [1.165, 1.54) is 43.0 Å². The molecular formula is C13H24N2S. The summed E-state index contributed by atoms with van der Waals surface area (Å²) in [4.78, 5) is 4.88. The normalized spacial score (nSPS) is 30.3. The highest BCUT2D eigenvalue weighted by molar-refractivity contribution is 8.13. The van der Waals surface area contributed by atoms with E-state index in [0.29, 0.717) is 6.04 Å². The number of nitrogens with one attached hydrogen (secondary N) is 1. The molecular weight excluding hydrogens is 216 g/mol. The molecule has 0 radical (unpaired) electrons. The maximum absolute atomic E-state index is 4.88. The summed E-state index contributed by atoms with van der Waals surface area (Å²) in [6.45, 7) is 6.82. The lowest BCUT2D eigenvalue weighted by Gasteiger charge is -2.33. The predicted molar refractivity (Wildman–Crippen MR) is 73.1 cm³/mol. The molecule has 92 valence electrons. The number of thioether (sulfide) groups is 1. The second-order valence-corrected chi connectivity index (χ2v) is 6.91. The van der Waals surface area contributed by atoms with Crippen LogP contribution in [0.5, 0.6) is 0 Å². The molecule has 2 nitrogen and oxygen atoms in total. The average Bonchev–Trinajstić information content (AvgIpc) is 2.68. The van der Waals surface area contributed by atoms with Crippen molar-refractivity contribution in [1.82, 2.24) is 5.32 Å². The Morgan fingerprint density at radius 1 is 1.38 bits per heavy atom. The molecule has 1 atom stereocenters. The van der Waals surface area contributed by atoms with Crippen molar-refractivity contribution in [3.05, 3.63) is 0 Å². The number of aliphatic imine (C=N–C) groups is 1. The molecule has 0 aromatic carbocycles. The molecule has 1 saturated heterocycles. The first kappa shape index (κ1) is 12.3. The van der Waals surface area contributed by atoms with Gasteiger partial charge in [-0.05, 0) is 46.0 Å². The zero-order chi connectivity index (χ0) is 11.6. The van der Waals surface area contributed by atoms with Gasteiger partial charge < -0.3 is 5.32 Å². The van der Waals surface area contributed by atoms with Gasteiger partial charge in [-0.1, -0.05) is 24.6 Å². The third-order valence-electron chi connectivity index (χ3n) is 3.81. The lowest BCUT2D eigenvalue weighted by atomic mass is 10.0. The van der Waals surface area contributed by atoms with Gasteiger partial charge in [-0.15, -0.1) is 0 Å². The monoisotopic (exact) mass is 240 g/mol. The topological polar surface area (TPSA) is 24.4 Å². The Balaban J connectivity index is 1.94. The Hall–Kier alpha value is -0.180. The maximum Gasteiger partial charge on any atom is 0.157 e. The Morgan fingerprint density at radius 3 is 2.69 bits per heavy atom. The molecule has 1 aliphatic carbocycles. The first-order valence-corrected chi connectivity index (χ1v) is 7.54. The van der Waals surface area contributed by atoms with Crippen molar-refractivity contribution >= 4 is 16.9 Å². The van der Waals surface area contributed by atoms with Crippen molar-refractivity contribution in [2.75, 3.05) is 5.75 Å². The van der Waals surface area contributed by atoms with Gasteiger partial charge in [0, 0.05) is 11.3 Å². The van der Waals surface area contributed by atoms with Gasteiger partial charge in [0.15, 0.2) is 5.17 Å². The van der Waals surface area contributed by atoms with Crippen LogP contribution < -0.4 is 5.32 Å². The molecule has 0 amide bonds. The summed E-state index contributed by atoms with van der Waals surface area (Å²) in [5.41, 5.74) is 0.236. The number of nitrogens with zero attached hydrogens (tertiary/aromatic N) is 1. The number of hydrogen-bond acceptors (Lipinski definition) is 2. The van der Waals surface area contributed by atoms with E-state index in [-0.39, 0.29) is 5.54 Å². The number of rotatable bonds is 2. The summed E-state index contributed by atoms with van der Waals surface area (Å²) >= 11 is 1.89. The van der Waals surface area contributed by atoms with Gasteiger partial charge >= 0.3 is 0 Å². The highest BCUT2D eigenvalue weighted by Gasteiger charge is 2.26. The lowest BCUT2D eigenvalue weighted by molar-refractivity contribution is 0.434. The van der Waals surface area contributed by atoms with Crippen LogP contribution in [0.3, 0.4) is 0 Å². The first-order valence-electron chi connectivity index (χ1n) is 6.56. The molecule has 3 heteroatoms. The van der Waals surface area contributed by atoms with Crippen molar-refractivity contribution in [2.45, 2.75) is 64.5 Å². The maximum atomic E-state index is 4.88. The highest BCUT2D eigenvalue weighted by atomic mass is 32.2. The fourth-order valence-corrected chi connectivity index (χ4v) is 3.99. The fourth-order valence-electron chi connectivity index (χ4n) is 2.59. The van der Waals surface area contributed by atoms with Gasteiger partial charge in [0.2, 0.25) is 0 Å². The van der Waals surface area contributed by atoms with Crippen molar-refractivity contribution in [1.29, 1.82) is 0 Å². The lowest BCUT2D eigenvalue weighted by Crippen LogP contribution is -2.46. The standard InChI is InChI=1S/C13H24N2S/c1-10(11-6-4-5-7-11)14-12-15-13(2,3)8-9-16-12/h10-11H,4-9H2,1-3H3,(H,14,15). The first-order chi connectivity index (χ1) is 7.57. The van der Waals surface area contributed by atoms with E-state index in [0.717, 1.165) is 5.92 Å². The van der Waals surface area contributed by atoms with Crippen molar-refractivity contribution < 1.29 is 0 Å². The molecule has 1 saturated carbocycles. The second-order valence-electron chi connectivity index (χ2n) is 5.83. The number of hydrogen-bond donors (Lipinski definition) is 1. The second kappa shape index (κ2) is 4.99. The van der Waals surface area contributed by atoms with Gasteiger partial charge in [-0.2, -0.15) is 0 Å². The molecule has 0 bridgehead atoms. The molecule has 2 fully saturated rings. The predicted octanol–water partition coefficient (Wildman–Crippen LogP) is 3.43. The van der Waals surface area contributed by atoms with Gasteiger partial charge in [-0.25, -0.2) is 0 Å². The Morgan fingerprint density at radius 2 is 2.06 bits per heavy atom. The van der Waals surface area contributed by atoms with E-state index in [1.54, 1.807) is 0 Å². The van der Waals surface area contributed by atoms with Crippen LogP contribution in [0.25, 0.3) is 0 Å². The Kier molecular flexibility index (Phi) is 3.83. The summed E-state index contributed by atoms with van der Waals surface area (Å²) < 4.78 is 0.